The molecule has 9 heteroatoms. The van der Waals surface area contributed by atoms with Crippen LogP contribution >= 0.6 is 0 Å². The van der Waals surface area contributed by atoms with Crippen molar-refractivity contribution in [2.24, 2.45) is 0 Å². The van der Waals surface area contributed by atoms with E-state index >= 15 is 0 Å². The summed E-state index contributed by atoms with van der Waals surface area (Å²) >= 11 is 0. The van der Waals surface area contributed by atoms with Crippen molar-refractivity contribution in [2.75, 3.05) is 0 Å². The molecule has 110 heavy (non-hydrogen) atoms. The second-order valence-corrected chi connectivity index (χ2v) is 27.7. The Bertz CT molecular complexity index is 6660. The zero-order valence-electron chi connectivity index (χ0n) is 60.7. The van der Waals surface area contributed by atoms with Crippen molar-refractivity contribution in [2.45, 2.75) is 20.8 Å². The van der Waals surface area contributed by atoms with Gasteiger partial charge in [-0.25, -0.2) is 15.0 Å². The summed E-state index contributed by atoms with van der Waals surface area (Å²) in [6.07, 6.45) is 1.81. The molecular formula is C101H71IrN8-. The third-order valence-electron chi connectivity index (χ3n) is 21.2. The number of nitrogens with zero attached hydrogens (tertiary/aromatic N) is 8. The molecule has 0 amide bonds. The summed E-state index contributed by atoms with van der Waals surface area (Å²) in [7, 11) is 0. The molecule has 0 unspecified atom stereocenters. The molecule has 1 radical (unpaired) electrons. The number of hydrogen-bond acceptors (Lipinski definition) is 4. The van der Waals surface area contributed by atoms with Crippen molar-refractivity contribution in [1.82, 2.24) is 38.2 Å². The summed E-state index contributed by atoms with van der Waals surface area (Å²) in [6, 6.07) is 134. The second kappa shape index (κ2) is 29.2. The van der Waals surface area contributed by atoms with Gasteiger partial charge < -0.3 is 23.3 Å². The van der Waals surface area contributed by atoms with Gasteiger partial charge in [-0.1, -0.05) is 272 Å². The minimum atomic E-state index is 0. The van der Waals surface area contributed by atoms with E-state index in [0.717, 1.165) is 50.4 Å². The van der Waals surface area contributed by atoms with Gasteiger partial charge in [0.2, 0.25) is 0 Å². The summed E-state index contributed by atoms with van der Waals surface area (Å²) in [5.74, 6) is 1.94. The summed E-state index contributed by atoms with van der Waals surface area (Å²) in [5, 5.41) is 10.0. The van der Waals surface area contributed by atoms with Crippen molar-refractivity contribution >= 4 is 87.2 Å². The quantitative estimate of drug-likeness (QED) is 0.128. The number of aryl methyl sites for hydroxylation is 2. The molecule has 8 nitrogen and oxygen atoms in total. The van der Waals surface area contributed by atoms with E-state index in [1.165, 1.54) is 126 Å². The maximum absolute atomic E-state index is 5.10. The van der Waals surface area contributed by atoms with Crippen LogP contribution in [0.15, 0.2) is 376 Å². The van der Waals surface area contributed by atoms with Crippen molar-refractivity contribution in [3.8, 4) is 90.4 Å². The first-order valence-electron chi connectivity index (χ1n) is 37.0. The van der Waals surface area contributed by atoms with Crippen LogP contribution in [-0.4, -0.2) is 38.2 Å². The van der Waals surface area contributed by atoms with Gasteiger partial charge in [0, 0.05) is 109 Å². The first kappa shape index (κ1) is 68.1. The molecule has 0 spiro atoms. The predicted molar refractivity (Wildman–Crippen MR) is 454 cm³/mol. The van der Waals surface area contributed by atoms with E-state index in [1.807, 2.05) is 91.1 Å². The van der Waals surface area contributed by atoms with E-state index in [0.29, 0.717) is 17.5 Å². The summed E-state index contributed by atoms with van der Waals surface area (Å²) in [4.78, 5) is 19.5. The fraction of sp³-hybridized carbons (Fsp3) is 0.0297. The van der Waals surface area contributed by atoms with Crippen LogP contribution in [0.25, 0.3) is 178 Å². The van der Waals surface area contributed by atoms with Crippen molar-refractivity contribution in [3.05, 3.63) is 399 Å². The van der Waals surface area contributed by atoms with Gasteiger partial charge in [-0.3, -0.25) is 0 Å². The maximum Gasteiger partial charge on any atom is 0.164 e. The molecule has 21 aromatic rings. The van der Waals surface area contributed by atoms with E-state index in [4.69, 9.17) is 15.0 Å². The van der Waals surface area contributed by atoms with Gasteiger partial charge in [0.1, 0.15) is 0 Å². The smallest absolute Gasteiger partial charge is 0.164 e. The number of benzene rings is 15. The van der Waals surface area contributed by atoms with E-state index in [-0.39, 0.29) is 20.1 Å². The SMILES string of the molecule is Cc1c(-c2nc(-c3ccccc3)nc(-c3ccccc3)n2)cccc1-n1c2ccccc2c2ccc3c4ccccc4n(-c4ccccc4)c3c21.Cc1ccc(C)c(-c2cc[c-]c(-c3ccccn3)c2)c1.[Ir].c1ccc2c(c1)c1ccccc1n2-c1ccc(-c2ccc(-n3c4ccccc4c4ccccc43)cc2)cc1. The van der Waals surface area contributed by atoms with Crippen LogP contribution in [0.4, 0.5) is 0 Å². The monoisotopic (exact) mass is 1590 g/mol. The van der Waals surface area contributed by atoms with E-state index in [1.54, 1.807) is 0 Å². The Morgan fingerprint density at radius 3 is 1.16 bits per heavy atom. The molecular weight excluding hydrogens is 1520 g/mol. The van der Waals surface area contributed by atoms with Crippen LogP contribution in [-0.2, 0) is 20.1 Å². The Morgan fingerprint density at radius 1 is 0.273 bits per heavy atom. The Kier molecular flexibility index (Phi) is 18.1. The molecule has 0 aliphatic heterocycles. The molecule has 0 N–H and O–H groups in total. The van der Waals surface area contributed by atoms with Crippen molar-refractivity contribution < 1.29 is 20.1 Å². The fourth-order valence-electron chi connectivity index (χ4n) is 16.0. The normalized spacial score (nSPS) is 11.3. The van der Waals surface area contributed by atoms with Gasteiger partial charge >= 0.3 is 0 Å². The summed E-state index contributed by atoms with van der Waals surface area (Å²) in [5.41, 5.74) is 27.6. The standard InChI is InChI=1S/C46H31N5.C36H24N2.C19H16N.Ir/c1-30-34(46-48-44(31-16-5-2-6-17-31)47-45(49-46)32-18-7-3-8-19-32)24-15-27-39(30)51-41-26-14-12-23-36(41)38-29-28-37-35-22-11-13-25-40(35)50(42(37)43(38)51)33-20-9-4-10-21-33;1-5-13-33-29(9-1)30-10-2-6-14-34(30)37(33)27-21-17-25(18-22-27)26-19-23-28(24-20-26)38-35-15-7-3-11-31(35)32-12-4-8-16-36(32)38;1-14-9-10-15(2)18(12-14)16-6-5-7-17(13-16)19-8-3-4-11-20-19;/h2-29H,1H3;1-24H;3-6,8-13H,1-2H3;/q;;-1;. The molecule has 0 fully saturated rings. The van der Waals surface area contributed by atoms with Gasteiger partial charge in [-0.2, -0.15) is 0 Å². The van der Waals surface area contributed by atoms with Crippen LogP contribution in [0.3, 0.4) is 0 Å². The molecule has 6 aromatic heterocycles. The molecule has 0 bridgehead atoms. The zero-order valence-corrected chi connectivity index (χ0v) is 63.1. The molecule has 21 rings (SSSR count). The van der Waals surface area contributed by atoms with Crippen LogP contribution in [0.5, 0.6) is 0 Å². The van der Waals surface area contributed by atoms with Crippen LogP contribution < -0.4 is 0 Å². The average molecular weight is 1590 g/mol. The number of para-hydroxylation sites is 7. The molecule has 525 valence electrons. The zero-order chi connectivity index (χ0) is 72.9. The molecule has 0 saturated carbocycles. The number of pyridine rings is 1. The third kappa shape index (κ3) is 12.3. The predicted octanol–water partition coefficient (Wildman–Crippen LogP) is 25.8. The van der Waals surface area contributed by atoms with Gasteiger partial charge in [-0.05, 0) is 139 Å². The number of hydrogen-bond donors (Lipinski definition) is 0. The van der Waals surface area contributed by atoms with Gasteiger partial charge in [0.25, 0.3) is 0 Å². The minimum absolute atomic E-state index is 0. The molecule has 0 aliphatic carbocycles. The molecule has 0 aliphatic rings. The summed E-state index contributed by atoms with van der Waals surface area (Å²) < 4.78 is 9.59. The molecule has 15 aromatic carbocycles. The van der Waals surface area contributed by atoms with E-state index in [2.05, 4.69) is 335 Å². The topological polar surface area (TPSA) is 71.3 Å². The Balaban J connectivity index is 0.000000126. The van der Waals surface area contributed by atoms with Gasteiger partial charge in [0.15, 0.2) is 17.5 Å². The number of rotatable bonds is 10. The van der Waals surface area contributed by atoms with Crippen molar-refractivity contribution in [3.63, 3.8) is 0 Å². The van der Waals surface area contributed by atoms with E-state index < -0.39 is 0 Å². The minimum Gasteiger partial charge on any atom is -0.309 e. The number of fused-ring (bicyclic) bond motifs is 13. The Hall–Kier alpha value is -13.7. The first-order valence-corrected chi connectivity index (χ1v) is 37.0. The molecule has 0 saturated heterocycles. The van der Waals surface area contributed by atoms with Gasteiger partial charge in [0.05, 0.1) is 44.1 Å². The van der Waals surface area contributed by atoms with Crippen LogP contribution in [0, 0.1) is 26.8 Å². The average Bonchev–Trinajstić information content (AvgIpc) is 1.55. The largest absolute Gasteiger partial charge is 0.309 e. The Morgan fingerprint density at radius 2 is 0.682 bits per heavy atom. The van der Waals surface area contributed by atoms with Crippen molar-refractivity contribution in [1.29, 1.82) is 0 Å². The Labute approximate surface area is 651 Å². The van der Waals surface area contributed by atoms with Crippen LogP contribution in [0.1, 0.15) is 16.7 Å². The second-order valence-electron chi connectivity index (χ2n) is 27.7. The van der Waals surface area contributed by atoms with E-state index in [9.17, 15) is 0 Å². The van der Waals surface area contributed by atoms with Gasteiger partial charge in [-0.15, -0.1) is 35.4 Å². The maximum atomic E-state index is 5.10. The summed E-state index contributed by atoms with van der Waals surface area (Å²) in [6.45, 7) is 6.45. The third-order valence-corrected chi connectivity index (χ3v) is 21.2. The molecule has 0 atom stereocenters. The van der Waals surface area contributed by atoms with Crippen LogP contribution in [0.2, 0.25) is 0 Å². The number of aromatic nitrogens is 8. The first-order chi connectivity index (χ1) is 53.8. The fourth-order valence-corrected chi connectivity index (χ4v) is 16.0. The molecule has 6 heterocycles.